The molecule has 1 unspecified atom stereocenters. The average Bonchev–Trinajstić information content (AvgIpc) is 2.72. The van der Waals surface area contributed by atoms with Crippen LogP contribution in [0.1, 0.15) is 52.7 Å². The highest BCUT2D eigenvalue weighted by Crippen LogP contribution is 2.27. The van der Waals surface area contributed by atoms with Crippen LogP contribution in [0.4, 0.5) is 4.79 Å². The van der Waals surface area contributed by atoms with Crippen molar-refractivity contribution < 1.29 is 9.59 Å². The van der Waals surface area contributed by atoms with Gasteiger partial charge in [-0.15, -0.1) is 0 Å². The Hall–Kier alpha value is -2.82. The number of nitrogens with zero attached hydrogens (tertiary/aromatic N) is 1. The van der Waals surface area contributed by atoms with Crippen molar-refractivity contribution in [2.24, 2.45) is 0 Å². The van der Waals surface area contributed by atoms with Crippen LogP contribution in [0.2, 0.25) is 0 Å². The Labute approximate surface area is 167 Å². The summed E-state index contributed by atoms with van der Waals surface area (Å²) < 4.78 is 0. The van der Waals surface area contributed by atoms with Crippen LogP contribution in [0, 0.1) is 6.92 Å². The molecule has 5 nitrogen and oxygen atoms in total. The van der Waals surface area contributed by atoms with Crippen LogP contribution in [-0.4, -0.2) is 36.5 Å². The van der Waals surface area contributed by atoms with Crippen LogP contribution in [0.15, 0.2) is 48.5 Å². The number of nitrogens with one attached hydrogen (secondary N) is 2. The maximum absolute atomic E-state index is 12.6. The van der Waals surface area contributed by atoms with Crippen molar-refractivity contribution in [2.75, 3.05) is 19.6 Å². The molecule has 5 heteroatoms. The first kappa shape index (κ1) is 19.9. The SMILES string of the molecule is CCNC(=O)N1CCCC(c2cccc(C(=O)NCc3cccc(C)c3)c2)C1. The van der Waals surface area contributed by atoms with Gasteiger partial charge in [-0.2, -0.15) is 0 Å². The van der Waals surface area contributed by atoms with Crippen molar-refractivity contribution in [2.45, 2.75) is 39.2 Å². The van der Waals surface area contributed by atoms with E-state index in [0.29, 0.717) is 25.2 Å². The third-order valence-electron chi connectivity index (χ3n) is 5.19. The van der Waals surface area contributed by atoms with E-state index >= 15 is 0 Å². The van der Waals surface area contributed by atoms with E-state index in [1.807, 2.05) is 55.1 Å². The molecule has 0 aliphatic carbocycles. The molecule has 0 radical (unpaired) electrons. The number of hydrogen-bond acceptors (Lipinski definition) is 2. The highest BCUT2D eigenvalue weighted by molar-refractivity contribution is 5.94. The second-order valence-electron chi connectivity index (χ2n) is 7.42. The smallest absolute Gasteiger partial charge is 0.317 e. The standard InChI is InChI=1S/C23H29N3O2/c1-3-24-23(28)26-12-6-11-21(16-26)19-9-5-10-20(14-19)22(27)25-15-18-8-4-7-17(2)13-18/h4-5,7-10,13-14,21H,3,6,11-12,15-16H2,1-2H3,(H,24,28)(H,25,27). The third kappa shape index (κ3) is 5.12. The summed E-state index contributed by atoms with van der Waals surface area (Å²) in [6.07, 6.45) is 2.01. The summed E-state index contributed by atoms with van der Waals surface area (Å²) in [5.74, 6) is 0.195. The molecule has 0 bridgehead atoms. The highest BCUT2D eigenvalue weighted by atomic mass is 16.2. The Balaban J connectivity index is 1.64. The van der Waals surface area contributed by atoms with Gasteiger partial charge in [-0.25, -0.2) is 4.79 Å². The summed E-state index contributed by atoms with van der Waals surface area (Å²) in [5, 5.41) is 5.88. The van der Waals surface area contributed by atoms with Crippen molar-refractivity contribution >= 4 is 11.9 Å². The summed E-state index contributed by atoms with van der Waals surface area (Å²) in [5.41, 5.74) is 4.06. The molecule has 1 heterocycles. The van der Waals surface area contributed by atoms with E-state index in [2.05, 4.69) is 22.8 Å². The zero-order chi connectivity index (χ0) is 19.9. The number of hydrogen-bond donors (Lipinski definition) is 2. The van der Waals surface area contributed by atoms with Gasteiger partial charge in [0.1, 0.15) is 0 Å². The number of benzene rings is 2. The quantitative estimate of drug-likeness (QED) is 0.829. The first-order valence-electron chi connectivity index (χ1n) is 10.0. The lowest BCUT2D eigenvalue weighted by Crippen LogP contribution is -2.44. The average molecular weight is 380 g/mol. The molecule has 1 aliphatic heterocycles. The molecule has 148 valence electrons. The molecule has 0 saturated carbocycles. The van der Waals surface area contributed by atoms with Gasteiger partial charge in [-0.05, 0) is 49.9 Å². The number of aryl methyl sites for hydroxylation is 1. The van der Waals surface area contributed by atoms with Gasteiger partial charge >= 0.3 is 6.03 Å². The largest absolute Gasteiger partial charge is 0.348 e. The number of piperidine rings is 1. The first-order valence-corrected chi connectivity index (χ1v) is 10.0. The molecular weight excluding hydrogens is 350 g/mol. The molecule has 0 aromatic heterocycles. The summed E-state index contributed by atoms with van der Waals surface area (Å²) in [6, 6.07) is 15.9. The minimum absolute atomic E-state index is 0.000692. The molecule has 3 rings (SSSR count). The lowest BCUT2D eigenvalue weighted by atomic mass is 9.89. The van der Waals surface area contributed by atoms with Gasteiger partial charge < -0.3 is 15.5 Å². The molecule has 2 aromatic carbocycles. The Morgan fingerprint density at radius 3 is 2.71 bits per heavy atom. The summed E-state index contributed by atoms with van der Waals surface area (Å²) in [7, 11) is 0. The number of amides is 3. The molecule has 2 N–H and O–H groups in total. The Morgan fingerprint density at radius 2 is 1.93 bits per heavy atom. The predicted octanol–water partition coefficient (Wildman–Crippen LogP) is 3.83. The topological polar surface area (TPSA) is 61.4 Å². The fraction of sp³-hybridized carbons (Fsp3) is 0.391. The number of urea groups is 1. The zero-order valence-electron chi connectivity index (χ0n) is 16.7. The van der Waals surface area contributed by atoms with E-state index in [1.54, 1.807) is 0 Å². The lowest BCUT2D eigenvalue weighted by Gasteiger charge is -2.33. The van der Waals surface area contributed by atoms with E-state index in [1.165, 1.54) is 5.56 Å². The fourth-order valence-corrected chi connectivity index (χ4v) is 3.74. The normalized spacial score (nSPS) is 16.5. The van der Waals surface area contributed by atoms with Crippen molar-refractivity contribution in [3.8, 4) is 0 Å². The van der Waals surface area contributed by atoms with Crippen molar-refractivity contribution in [1.29, 1.82) is 0 Å². The van der Waals surface area contributed by atoms with Gasteiger partial charge in [0.25, 0.3) is 5.91 Å². The van der Waals surface area contributed by atoms with Crippen LogP contribution in [0.5, 0.6) is 0 Å². The lowest BCUT2D eigenvalue weighted by molar-refractivity contribution is 0.0950. The summed E-state index contributed by atoms with van der Waals surface area (Å²) >= 11 is 0. The van der Waals surface area contributed by atoms with Crippen molar-refractivity contribution in [3.63, 3.8) is 0 Å². The monoisotopic (exact) mass is 379 g/mol. The number of carbonyl (C=O) groups excluding carboxylic acids is 2. The van der Waals surface area contributed by atoms with E-state index in [4.69, 9.17) is 0 Å². The molecule has 2 aromatic rings. The van der Waals surface area contributed by atoms with Gasteiger partial charge in [0.05, 0.1) is 0 Å². The predicted molar refractivity (Wildman–Crippen MR) is 111 cm³/mol. The van der Waals surface area contributed by atoms with Crippen LogP contribution in [0.3, 0.4) is 0 Å². The molecule has 1 saturated heterocycles. The maximum atomic E-state index is 12.6. The molecule has 1 fully saturated rings. The molecule has 1 aliphatic rings. The minimum Gasteiger partial charge on any atom is -0.348 e. The van der Waals surface area contributed by atoms with Gasteiger partial charge in [0.2, 0.25) is 0 Å². The minimum atomic E-state index is -0.0697. The number of likely N-dealkylation sites (tertiary alicyclic amines) is 1. The van der Waals surface area contributed by atoms with Crippen LogP contribution in [-0.2, 0) is 6.54 Å². The van der Waals surface area contributed by atoms with Gasteiger partial charge in [0, 0.05) is 37.7 Å². The van der Waals surface area contributed by atoms with E-state index in [-0.39, 0.29) is 17.9 Å². The van der Waals surface area contributed by atoms with Crippen LogP contribution in [0.25, 0.3) is 0 Å². The van der Waals surface area contributed by atoms with E-state index in [9.17, 15) is 9.59 Å². The molecule has 0 spiro atoms. The molecule has 3 amide bonds. The second kappa shape index (κ2) is 9.40. The summed E-state index contributed by atoms with van der Waals surface area (Å²) in [6.45, 7) is 6.61. The first-order chi connectivity index (χ1) is 13.6. The van der Waals surface area contributed by atoms with Crippen LogP contribution >= 0.6 is 0 Å². The Morgan fingerprint density at radius 1 is 1.11 bits per heavy atom. The zero-order valence-corrected chi connectivity index (χ0v) is 16.7. The van der Waals surface area contributed by atoms with E-state index < -0.39 is 0 Å². The number of carbonyl (C=O) groups is 2. The Bertz CT molecular complexity index is 834. The van der Waals surface area contributed by atoms with Crippen molar-refractivity contribution in [1.82, 2.24) is 15.5 Å². The third-order valence-corrected chi connectivity index (χ3v) is 5.19. The fourth-order valence-electron chi connectivity index (χ4n) is 3.74. The van der Waals surface area contributed by atoms with Crippen molar-refractivity contribution in [3.05, 3.63) is 70.8 Å². The molecule has 1 atom stereocenters. The Kier molecular flexibility index (Phi) is 6.69. The summed E-state index contributed by atoms with van der Waals surface area (Å²) in [4.78, 5) is 26.6. The van der Waals surface area contributed by atoms with Gasteiger partial charge in [0.15, 0.2) is 0 Å². The number of rotatable bonds is 5. The second-order valence-corrected chi connectivity index (χ2v) is 7.42. The maximum Gasteiger partial charge on any atom is 0.317 e. The van der Waals surface area contributed by atoms with Crippen LogP contribution < -0.4 is 10.6 Å². The molecule has 28 heavy (non-hydrogen) atoms. The van der Waals surface area contributed by atoms with Gasteiger partial charge in [-0.3, -0.25) is 4.79 Å². The van der Waals surface area contributed by atoms with E-state index in [0.717, 1.165) is 30.5 Å². The highest BCUT2D eigenvalue weighted by Gasteiger charge is 2.24. The molecular formula is C23H29N3O2. The van der Waals surface area contributed by atoms with Gasteiger partial charge in [-0.1, -0.05) is 42.0 Å².